The van der Waals surface area contributed by atoms with E-state index in [0.717, 1.165) is 22.3 Å². The van der Waals surface area contributed by atoms with Gasteiger partial charge in [-0.25, -0.2) is 0 Å². The van der Waals surface area contributed by atoms with Crippen molar-refractivity contribution in [1.82, 2.24) is 0 Å². The summed E-state index contributed by atoms with van der Waals surface area (Å²) >= 11 is 0. The van der Waals surface area contributed by atoms with Gasteiger partial charge in [0.2, 0.25) is 0 Å². The lowest BCUT2D eigenvalue weighted by Gasteiger charge is -1.98. The lowest BCUT2D eigenvalue weighted by Crippen LogP contribution is -2.08. The van der Waals surface area contributed by atoms with Crippen LogP contribution in [0.25, 0.3) is 0 Å². The Kier molecular flexibility index (Phi) is 5.63. The molecule has 26 heavy (non-hydrogen) atoms. The van der Waals surface area contributed by atoms with Gasteiger partial charge in [-0.3, -0.25) is 0 Å². The molecule has 0 saturated carbocycles. The molecule has 0 N–H and O–H groups in total. The molecule has 123 valence electrons. The molecule has 0 aliphatic rings. The second-order valence-electron chi connectivity index (χ2n) is 6.29. The molecular weight excluding hydrogens is 311 g/mol. The van der Waals surface area contributed by atoms with Crippen molar-refractivity contribution in [2.24, 2.45) is 0 Å². The van der Waals surface area contributed by atoms with Crippen molar-refractivity contribution in [3.63, 3.8) is 0 Å². The summed E-state index contributed by atoms with van der Waals surface area (Å²) in [7, 11) is 2.08. The number of hydrogen-bond donors (Lipinski definition) is 0. The standard InChI is InChI=1S/C25H20B/c1-19-4-5-24(18-20(19)2)13-12-22-8-6-21(7-9-22)10-11-23-14-16-25(26-3)17-15-23/h4-9,14-18H,1-3H3. The summed E-state index contributed by atoms with van der Waals surface area (Å²) in [6.45, 7) is 6.26. The van der Waals surface area contributed by atoms with Gasteiger partial charge < -0.3 is 0 Å². The summed E-state index contributed by atoms with van der Waals surface area (Å²) in [5.41, 5.74) is 7.83. The Morgan fingerprint density at radius 1 is 0.538 bits per heavy atom. The van der Waals surface area contributed by atoms with Crippen molar-refractivity contribution >= 4 is 12.7 Å². The van der Waals surface area contributed by atoms with Crippen molar-refractivity contribution in [2.75, 3.05) is 0 Å². The van der Waals surface area contributed by atoms with E-state index in [-0.39, 0.29) is 0 Å². The minimum absolute atomic E-state index is 0.993. The molecule has 0 aliphatic heterocycles. The van der Waals surface area contributed by atoms with Crippen LogP contribution in [0, 0.1) is 37.5 Å². The Hall–Kier alpha value is -3.16. The molecule has 1 heteroatoms. The van der Waals surface area contributed by atoms with Crippen LogP contribution in [0.5, 0.6) is 0 Å². The van der Waals surface area contributed by atoms with Gasteiger partial charge in [-0.05, 0) is 73.5 Å². The summed E-state index contributed by atoms with van der Waals surface area (Å²) in [5, 5.41) is 0. The zero-order valence-electron chi connectivity index (χ0n) is 15.4. The molecule has 0 amide bonds. The molecule has 3 aromatic carbocycles. The van der Waals surface area contributed by atoms with Gasteiger partial charge in [0.25, 0.3) is 0 Å². The first-order chi connectivity index (χ1) is 12.6. The van der Waals surface area contributed by atoms with Gasteiger partial charge in [0, 0.05) is 22.3 Å². The van der Waals surface area contributed by atoms with Gasteiger partial charge in [-0.1, -0.05) is 54.2 Å². The second kappa shape index (κ2) is 8.29. The molecular formula is C25H20B. The third-order valence-electron chi connectivity index (χ3n) is 4.34. The average molecular weight is 331 g/mol. The normalized spacial score (nSPS) is 9.50. The lowest BCUT2D eigenvalue weighted by molar-refractivity contribution is 1.33. The first-order valence-corrected chi connectivity index (χ1v) is 8.75. The molecule has 3 aromatic rings. The molecule has 0 bridgehead atoms. The molecule has 0 saturated heterocycles. The summed E-state index contributed by atoms with van der Waals surface area (Å²) in [6.07, 6.45) is 0. The molecule has 0 unspecified atom stereocenters. The van der Waals surface area contributed by atoms with E-state index in [1.54, 1.807) is 0 Å². The van der Waals surface area contributed by atoms with Crippen LogP contribution < -0.4 is 5.46 Å². The minimum atomic E-state index is 0.993. The van der Waals surface area contributed by atoms with Crippen LogP contribution in [0.1, 0.15) is 33.4 Å². The Morgan fingerprint density at radius 3 is 1.42 bits per heavy atom. The van der Waals surface area contributed by atoms with E-state index in [2.05, 4.69) is 75.1 Å². The van der Waals surface area contributed by atoms with Crippen LogP contribution in [0.15, 0.2) is 66.7 Å². The highest BCUT2D eigenvalue weighted by molar-refractivity contribution is 6.51. The van der Waals surface area contributed by atoms with Gasteiger partial charge in [0.15, 0.2) is 0 Å². The lowest BCUT2D eigenvalue weighted by atomic mass is 9.73. The third kappa shape index (κ3) is 4.69. The molecule has 0 aliphatic carbocycles. The minimum Gasteiger partial charge on any atom is -0.0880 e. The molecule has 0 nitrogen and oxygen atoms in total. The Bertz CT molecular complexity index is 1020. The van der Waals surface area contributed by atoms with E-state index >= 15 is 0 Å². The Labute approximate surface area is 157 Å². The molecule has 3 rings (SSSR count). The molecule has 1 radical (unpaired) electrons. The summed E-state index contributed by atoms with van der Waals surface area (Å²) in [5.74, 6) is 12.9. The second-order valence-corrected chi connectivity index (χ2v) is 6.29. The zero-order valence-corrected chi connectivity index (χ0v) is 15.4. The fourth-order valence-corrected chi connectivity index (χ4v) is 2.50. The smallest absolute Gasteiger partial charge is 0.0880 e. The van der Waals surface area contributed by atoms with E-state index in [9.17, 15) is 0 Å². The van der Waals surface area contributed by atoms with E-state index in [1.165, 1.54) is 16.6 Å². The summed E-state index contributed by atoms with van der Waals surface area (Å²) < 4.78 is 0. The fourth-order valence-electron chi connectivity index (χ4n) is 2.50. The number of aryl methyl sites for hydroxylation is 2. The molecule has 0 aromatic heterocycles. The summed E-state index contributed by atoms with van der Waals surface area (Å²) in [6, 6.07) is 22.6. The maximum Gasteiger partial charge on any atom is 0.148 e. The van der Waals surface area contributed by atoms with Crippen molar-refractivity contribution in [3.05, 3.63) is 100 Å². The highest BCUT2D eigenvalue weighted by Gasteiger charge is 1.94. The Balaban J connectivity index is 1.72. The topological polar surface area (TPSA) is 0 Å². The van der Waals surface area contributed by atoms with Gasteiger partial charge in [0.1, 0.15) is 7.28 Å². The quantitative estimate of drug-likeness (QED) is 0.456. The molecule has 0 spiro atoms. The first-order valence-electron chi connectivity index (χ1n) is 8.75. The predicted molar refractivity (Wildman–Crippen MR) is 112 cm³/mol. The van der Waals surface area contributed by atoms with Gasteiger partial charge >= 0.3 is 0 Å². The zero-order chi connectivity index (χ0) is 18.4. The van der Waals surface area contributed by atoms with Crippen molar-refractivity contribution in [1.29, 1.82) is 0 Å². The van der Waals surface area contributed by atoms with Gasteiger partial charge in [-0.2, -0.15) is 0 Å². The fraction of sp³-hybridized carbons (Fsp3) is 0.120. The van der Waals surface area contributed by atoms with E-state index in [1.807, 2.05) is 43.2 Å². The number of benzene rings is 3. The van der Waals surface area contributed by atoms with Crippen LogP contribution in [-0.2, 0) is 0 Å². The van der Waals surface area contributed by atoms with Crippen LogP contribution in [0.2, 0.25) is 6.82 Å². The largest absolute Gasteiger partial charge is 0.148 e. The average Bonchev–Trinajstić information content (AvgIpc) is 2.68. The first kappa shape index (κ1) is 17.7. The van der Waals surface area contributed by atoms with Crippen LogP contribution >= 0.6 is 0 Å². The highest BCUT2D eigenvalue weighted by Crippen LogP contribution is 2.09. The monoisotopic (exact) mass is 331 g/mol. The number of rotatable bonds is 1. The van der Waals surface area contributed by atoms with Gasteiger partial charge in [-0.15, -0.1) is 0 Å². The predicted octanol–water partition coefficient (Wildman–Crippen LogP) is 4.48. The molecule has 0 heterocycles. The van der Waals surface area contributed by atoms with Crippen molar-refractivity contribution < 1.29 is 0 Å². The van der Waals surface area contributed by atoms with Crippen LogP contribution in [0.3, 0.4) is 0 Å². The SMILES string of the molecule is C[B]c1ccc(C#Cc2ccc(C#Cc3ccc(C)c(C)c3)cc2)cc1. The van der Waals surface area contributed by atoms with Crippen LogP contribution in [0.4, 0.5) is 0 Å². The molecule has 0 fully saturated rings. The maximum atomic E-state index is 3.23. The third-order valence-corrected chi connectivity index (χ3v) is 4.34. The molecule has 0 atom stereocenters. The Morgan fingerprint density at radius 2 is 0.962 bits per heavy atom. The van der Waals surface area contributed by atoms with E-state index in [4.69, 9.17) is 0 Å². The highest BCUT2D eigenvalue weighted by atomic mass is 14.0. The number of hydrogen-bond acceptors (Lipinski definition) is 0. The maximum absolute atomic E-state index is 3.23. The van der Waals surface area contributed by atoms with Crippen molar-refractivity contribution in [2.45, 2.75) is 20.7 Å². The van der Waals surface area contributed by atoms with E-state index < -0.39 is 0 Å². The van der Waals surface area contributed by atoms with E-state index in [0.29, 0.717) is 0 Å². The van der Waals surface area contributed by atoms with Crippen LogP contribution in [-0.4, -0.2) is 7.28 Å². The summed E-state index contributed by atoms with van der Waals surface area (Å²) in [4.78, 5) is 0. The van der Waals surface area contributed by atoms with Gasteiger partial charge in [0.05, 0.1) is 0 Å². The van der Waals surface area contributed by atoms with Crippen molar-refractivity contribution in [3.8, 4) is 23.7 Å².